The molecule has 1 aromatic rings. The molecule has 6 atom stereocenters. The molecule has 8 nitrogen and oxygen atoms in total. The average Bonchev–Trinajstić information content (AvgIpc) is 3.29. The molecule has 4 heterocycles. The lowest BCUT2D eigenvalue weighted by Crippen LogP contribution is -2.60. The van der Waals surface area contributed by atoms with Crippen molar-refractivity contribution >= 4 is 17.8 Å². The van der Waals surface area contributed by atoms with E-state index in [0.29, 0.717) is 18.5 Å². The van der Waals surface area contributed by atoms with E-state index in [4.69, 9.17) is 9.47 Å². The first kappa shape index (κ1) is 31.5. The van der Waals surface area contributed by atoms with Gasteiger partial charge in [0.15, 0.2) is 0 Å². The Morgan fingerprint density at radius 1 is 0.977 bits per heavy atom. The van der Waals surface area contributed by atoms with Crippen LogP contribution in [0.5, 0.6) is 0 Å². The van der Waals surface area contributed by atoms with Gasteiger partial charge in [0.25, 0.3) is 0 Å². The summed E-state index contributed by atoms with van der Waals surface area (Å²) in [7, 11) is 0. The Kier molecular flexibility index (Phi) is 8.42. The minimum absolute atomic E-state index is 0.0595. The van der Waals surface area contributed by atoms with Crippen LogP contribution in [-0.2, 0) is 23.9 Å². The third-order valence-corrected chi connectivity index (χ3v) is 9.71. The number of ether oxygens (including phenoxy) is 2. The number of allylic oxidation sites excluding steroid dienone is 1. The zero-order valence-corrected chi connectivity index (χ0v) is 26.5. The van der Waals surface area contributed by atoms with Crippen LogP contribution in [0.15, 0.2) is 54.6 Å². The van der Waals surface area contributed by atoms with E-state index in [0.717, 1.165) is 25.7 Å². The monoisotopic (exact) mass is 592 g/mol. The lowest BCUT2D eigenvalue weighted by atomic mass is 9.73. The molecule has 0 saturated carbocycles. The highest BCUT2D eigenvalue weighted by molar-refractivity contribution is 5.99. The number of nitrogens with zero attached hydrogens (tertiary/aromatic N) is 2. The van der Waals surface area contributed by atoms with Crippen molar-refractivity contribution in [3.05, 3.63) is 60.2 Å². The van der Waals surface area contributed by atoms with E-state index in [2.05, 4.69) is 34.6 Å². The Hall–Kier alpha value is -2.97. The van der Waals surface area contributed by atoms with E-state index < -0.39 is 46.6 Å². The molecule has 1 spiro atoms. The molecule has 5 rings (SSSR count). The van der Waals surface area contributed by atoms with Gasteiger partial charge in [0.1, 0.15) is 23.2 Å². The molecule has 1 unspecified atom stereocenters. The maximum atomic E-state index is 15.0. The molecular formula is C35H48N2O6. The lowest BCUT2D eigenvalue weighted by Gasteiger charge is -2.46. The van der Waals surface area contributed by atoms with Crippen molar-refractivity contribution in [3.8, 4) is 0 Å². The van der Waals surface area contributed by atoms with Gasteiger partial charge in [0, 0.05) is 12.1 Å². The molecule has 0 aliphatic carbocycles. The number of aliphatic hydroxyl groups excluding tert-OH is 1. The maximum Gasteiger partial charge on any atom is 0.313 e. The second-order valence-corrected chi connectivity index (χ2v) is 14.4. The summed E-state index contributed by atoms with van der Waals surface area (Å²) in [5, 5.41) is 10.8. The molecule has 8 heteroatoms. The topological polar surface area (TPSA) is 96.4 Å². The Morgan fingerprint density at radius 2 is 1.70 bits per heavy atom. The summed E-state index contributed by atoms with van der Waals surface area (Å²) in [5.74, 6) is -3.01. The Morgan fingerprint density at radius 3 is 2.35 bits per heavy atom. The standard InChI is InChI=1S/C35H48N2O6/c1-7-34-18-13-8-9-14-21-42-31(41)27(34)26-29(39)37(25(22-38)24-16-11-10-12-17-24)28-30(40)36(20-15-19-35(26,28)43-34)33(5,6)23-32(2,3)4/h10-13,15-19,25-28,38H,7-9,14,20-23H2,1-6H3/b18-13-/t25-,26+,27+,28?,34-,35+/m1/s1. The second-order valence-electron chi connectivity index (χ2n) is 14.4. The fourth-order valence-corrected chi connectivity index (χ4v) is 8.28. The molecule has 0 aromatic heterocycles. The fourth-order valence-electron chi connectivity index (χ4n) is 8.28. The maximum absolute atomic E-state index is 15.0. The number of cyclic esters (lactones) is 1. The Labute approximate surface area is 256 Å². The van der Waals surface area contributed by atoms with Crippen LogP contribution in [0.25, 0.3) is 0 Å². The first-order chi connectivity index (χ1) is 20.3. The summed E-state index contributed by atoms with van der Waals surface area (Å²) in [5.41, 5.74) is -2.42. The third-order valence-electron chi connectivity index (χ3n) is 9.71. The van der Waals surface area contributed by atoms with Crippen molar-refractivity contribution in [1.82, 2.24) is 9.80 Å². The van der Waals surface area contributed by atoms with Crippen molar-refractivity contribution in [2.45, 2.75) is 102 Å². The number of fused-ring (bicyclic) bond motifs is 2. The van der Waals surface area contributed by atoms with Crippen molar-refractivity contribution in [2.75, 3.05) is 19.8 Å². The molecule has 0 radical (unpaired) electrons. The minimum atomic E-state index is -1.42. The molecule has 2 saturated heterocycles. The normalized spacial score (nSPS) is 32.9. The number of benzene rings is 1. The second kappa shape index (κ2) is 11.5. The van der Waals surface area contributed by atoms with Crippen LogP contribution in [0.4, 0.5) is 0 Å². The smallest absolute Gasteiger partial charge is 0.313 e. The van der Waals surface area contributed by atoms with Crippen LogP contribution in [0, 0.1) is 17.3 Å². The number of esters is 1. The van der Waals surface area contributed by atoms with Crippen LogP contribution in [0.2, 0.25) is 0 Å². The van der Waals surface area contributed by atoms with Gasteiger partial charge in [-0.25, -0.2) is 0 Å². The number of likely N-dealkylation sites (tertiary alicyclic amines) is 1. The van der Waals surface area contributed by atoms with Gasteiger partial charge in [-0.2, -0.15) is 0 Å². The summed E-state index contributed by atoms with van der Waals surface area (Å²) in [4.78, 5) is 47.2. The highest BCUT2D eigenvalue weighted by Crippen LogP contribution is 2.59. The number of carbonyl (C=O) groups excluding carboxylic acids is 3. The van der Waals surface area contributed by atoms with E-state index in [1.807, 2.05) is 66.5 Å². The van der Waals surface area contributed by atoms with Crippen molar-refractivity contribution < 1.29 is 29.0 Å². The first-order valence-electron chi connectivity index (χ1n) is 15.8. The van der Waals surface area contributed by atoms with Gasteiger partial charge in [-0.15, -0.1) is 0 Å². The van der Waals surface area contributed by atoms with E-state index in [1.54, 1.807) is 0 Å². The molecule has 4 aliphatic heterocycles. The van der Waals surface area contributed by atoms with Crippen LogP contribution < -0.4 is 0 Å². The van der Waals surface area contributed by atoms with Gasteiger partial charge in [0.05, 0.1) is 25.2 Å². The van der Waals surface area contributed by atoms with Gasteiger partial charge in [-0.3, -0.25) is 14.4 Å². The molecule has 4 aliphatic rings. The Balaban J connectivity index is 1.71. The van der Waals surface area contributed by atoms with Gasteiger partial charge in [-0.1, -0.05) is 82.3 Å². The summed E-state index contributed by atoms with van der Waals surface area (Å²) >= 11 is 0. The van der Waals surface area contributed by atoms with Crippen LogP contribution in [0.1, 0.15) is 85.3 Å². The summed E-state index contributed by atoms with van der Waals surface area (Å²) in [6.45, 7) is 12.8. The zero-order valence-electron chi connectivity index (χ0n) is 26.5. The first-order valence-corrected chi connectivity index (χ1v) is 15.8. The lowest BCUT2D eigenvalue weighted by molar-refractivity contribution is -0.165. The van der Waals surface area contributed by atoms with E-state index >= 15 is 4.79 Å². The van der Waals surface area contributed by atoms with Gasteiger partial charge in [-0.05, 0) is 56.9 Å². The van der Waals surface area contributed by atoms with Crippen LogP contribution in [-0.4, -0.2) is 75.2 Å². The summed E-state index contributed by atoms with van der Waals surface area (Å²) in [6.07, 6.45) is 11.4. The highest BCUT2D eigenvalue weighted by atomic mass is 16.6. The molecule has 2 amide bonds. The molecule has 43 heavy (non-hydrogen) atoms. The molecule has 0 bridgehead atoms. The SMILES string of the molecule is CC[C@@]12/C=C\CCCCOC(=O)[C@@H]1[C@H]1C(=O)N([C@H](CO)c3ccccc3)C3C(=O)N(C(C)(C)CC(C)(C)C)CC=C[C@@]31O2. The number of hydrogen-bond acceptors (Lipinski definition) is 6. The van der Waals surface area contributed by atoms with Crippen LogP contribution >= 0.6 is 0 Å². The largest absolute Gasteiger partial charge is 0.465 e. The molecular weight excluding hydrogens is 544 g/mol. The number of amides is 2. The Bertz CT molecular complexity index is 1280. The van der Waals surface area contributed by atoms with E-state index in [-0.39, 0.29) is 30.4 Å². The highest BCUT2D eigenvalue weighted by Gasteiger charge is 2.76. The predicted octanol–water partition coefficient (Wildman–Crippen LogP) is 4.98. The number of carbonyl (C=O) groups is 3. The van der Waals surface area contributed by atoms with E-state index in [1.165, 1.54) is 4.90 Å². The van der Waals surface area contributed by atoms with Crippen molar-refractivity contribution in [2.24, 2.45) is 17.3 Å². The molecule has 234 valence electrons. The van der Waals surface area contributed by atoms with Gasteiger partial charge < -0.3 is 24.4 Å². The van der Waals surface area contributed by atoms with Gasteiger partial charge in [0.2, 0.25) is 11.8 Å². The zero-order chi connectivity index (χ0) is 31.2. The van der Waals surface area contributed by atoms with E-state index in [9.17, 15) is 14.7 Å². The molecule has 1 N–H and O–H groups in total. The van der Waals surface area contributed by atoms with Crippen molar-refractivity contribution in [1.29, 1.82) is 0 Å². The average molecular weight is 593 g/mol. The third kappa shape index (κ3) is 5.35. The van der Waals surface area contributed by atoms with Gasteiger partial charge >= 0.3 is 5.97 Å². The summed E-state index contributed by atoms with van der Waals surface area (Å²) < 4.78 is 12.9. The van der Waals surface area contributed by atoms with Crippen LogP contribution in [0.3, 0.4) is 0 Å². The molecule has 2 fully saturated rings. The van der Waals surface area contributed by atoms with Crippen molar-refractivity contribution in [3.63, 3.8) is 0 Å². The number of hydrogen-bond donors (Lipinski definition) is 1. The molecule has 1 aromatic carbocycles. The predicted molar refractivity (Wildman–Crippen MR) is 164 cm³/mol. The summed E-state index contributed by atoms with van der Waals surface area (Å²) in [6, 6.07) is 7.40. The fraction of sp³-hybridized carbons (Fsp3) is 0.629. The minimum Gasteiger partial charge on any atom is -0.465 e. The quantitative estimate of drug-likeness (QED) is 0.370. The number of aliphatic hydroxyl groups is 1. The number of rotatable bonds is 6.